The minimum Gasteiger partial charge on any atom is -0.348 e. The Morgan fingerprint density at radius 1 is 1.19 bits per heavy atom. The van der Waals surface area contributed by atoms with Gasteiger partial charge in [-0.15, -0.1) is 11.3 Å². The van der Waals surface area contributed by atoms with Gasteiger partial charge in [0.2, 0.25) is 5.91 Å². The molecule has 2 heterocycles. The van der Waals surface area contributed by atoms with Gasteiger partial charge in [0, 0.05) is 41.7 Å². The SMILES string of the molecule is CC(C)N(C)C1CCN(c2nc(-c3ccc(C(=O)NC4(C(=O)NCC#N)CCCCC4)cc3)cs2)CC1. The number of aromatic nitrogens is 1. The summed E-state index contributed by atoms with van der Waals surface area (Å²) in [6.45, 7) is 6.45. The van der Waals surface area contributed by atoms with Crippen molar-refractivity contribution < 1.29 is 9.59 Å². The number of carbonyl (C=O) groups is 2. The minimum absolute atomic E-state index is 0.0617. The van der Waals surface area contributed by atoms with Crippen LogP contribution in [0.1, 0.15) is 69.2 Å². The van der Waals surface area contributed by atoms with Gasteiger partial charge < -0.3 is 20.4 Å². The highest BCUT2D eigenvalue weighted by atomic mass is 32.1. The molecule has 2 aliphatic rings. The van der Waals surface area contributed by atoms with Crippen LogP contribution in [0.15, 0.2) is 29.6 Å². The number of carbonyl (C=O) groups excluding carboxylic acids is 2. The van der Waals surface area contributed by atoms with Crippen LogP contribution >= 0.6 is 11.3 Å². The Bertz CT molecular complexity index is 1110. The highest BCUT2D eigenvalue weighted by Crippen LogP contribution is 2.31. The van der Waals surface area contributed by atoms with Crippen LogP contribution in [0.2, 0.25) is 0 Å². The summed E-state index contributed by atoms with van der Waals surface area (Å²) in [6.07, 6.45) is 6.24. The Labute approximate surface area is 224 Å². The molecule has 0 radical (unpaired) electrons. The molecule has 0 bridgehead atoms. The molecule has 9 heteroatoms. The Morgan fingerprint density at radius 2 is 1.86 bits per heavy atom. The van der Waals surface area contributed by atoms with Crippen LogP contribution in [-0.2, 0) is 4.79 Å². The van der Waals surface area contributed by atoms with E-state index in [1.807, 2.05) is 18.2 Å². The molecule has 0 unspecified atom stereocenters. The van der Waals surface area contributed by atoms with E-state index in [4.69, 9.17) is 10.2 Å². The maximum absolute atomic E-state index is 13.1. The maximum atomic E-state index is 13.1. The summed E-state index contributed by atoms with van der Waals surface area (Å²) in [7, 11) is 2.22. The van der Waals surface area contributed by atoms with Crippen LogP contribution in [0.25, 0.3) is 11.3 Å². The molecule has 0 spiro atoms. The molecule has 1 aromatic heterocycles. The van der Waals surface area contributed by atoms with Crippen LogP contribution in [-0.4, -0.2) is 66.0 Å². The summed E-state index contributed by atoms with van der Waals surface area (Å²) in [5.74, 6) is -0.539. The van der Waals surface area contributed by atoms with E-state index >= 15 is 0 Å². The lowest BCUT2D eigenvalue weighted by Gasteiger charge is -2.38. The van der Waals surface area contributed by atoms with Crippen molar-refractivity contribution in [3.05, 3.63) is 35.2 Å². The molecule has 8 nitrogen and oxygen atoms in total. The Morgan fingerprint density at radius 3 is 2.49 bits per heavy atom. The number of rotatable bonds is 8. The molecule has 1 saturated carbocycles. The van der Waals surface area contributed by atoms with E-state index in [0.29, 0.717) is 30.5 Å². The molecule has 37 heavy (non-hydrogen) atoms. The van der Waals surface area contributed by atoms with Gasteiger partial charge in [0.1, 0.15) is 12.1 Å². The topological polar surface area (TPSA) is 101 Å². The number of piperidine rings is 1. The molecule has 1 aromatic carbocycles. The second-order valence-electron chi connectivity index (χ2n) is 10.5. The zero-order valence-corrected chi connectivity index (χ0v) is 22.9. The molecule has 1 saturated heterocycles. The van der Waals surface area contributed by atoms with Crippen LogP contribution in [0.4, 0.5) is 5.13 Å². The number of nitrogens with zero attached hydrogens (tertiary/aromatic N) is 4. The van der Waals surface area contributed by atoms with Crippen LogP contribution in [0.5, 0.6) is 0 Å². The molecular weight excluding hydrogens is 484 g/mol. The number of amides is 2. The second kappa shape index (κ2) is 12.1. The van der Waals surface area contributed by atoms with Crippen molar-refractivity contribution in [3.63, 3.8) is 0 Å². The molecule has 2 N–H and O–H groups in total. The van der Waals surface area contributed by atoms with E-state index in [2.05, 4.69) is 46.7 Å². The van der Waals surface area contributed by atoms with Crippen molar-refractivity contribution in [2.45, 2.75) is 76.4 Å². The number of hydrogen-bond acceptors (Lipinski definition) is 7. The van der Waals surface area contributed by atoms with Gasteiger partial charge in [-0.05, 0) is 58.7 Å². The van der Waals surface area contributed by atoms with E-state index in [9.17, 15) is 9.59 Å². The molecule has 1 aliphatic carbocycles. The number of benzene rings is 1. The first-order valence-corrected chi connectivity index (χ1v) is 14.2. The Kier molecular flexibility index (Phi) is 8.83. The third-order valence-corrected chi connectivity index (χ3v) is 8.78. The van der Waals surface area contributed by atoms with Gasteiger partial charge in [0.25, 0.3) is 5.91 Å². The van der Waals surface area contributed by atoms with Gasteiger partial charge in [-0.1, -0.05) is 31.4 Å². The minimum atomic E-state index is -0.952. The van der Waals surface area contributed by atoms with Crippen molar-refractivity contribution in [2.24, 2.45) is 0 Å². The third-order valence-electron chi connectivity index (χ3n) is 7.88. The normalized spacial score (nSPS) is 18.0. The maximum Gasteiger partial charge on any atom is 0.252 e. The number of hydrogen-bond donors (Lipinski definition) is 2. The smallest absolute Gasteiger partial charge is 0.252 e. The monoisotopic (exact) mass is 522 g/mol. The van der Waals surface area contributed by atoms with Gasteiger partial charge in [0.15, 0.2) is 5.13 Å². The summed E-state index contributed by atoms with van der Waals surface area (Å²) in [5, 5.41) is 17.6. The van der Waals surface area contributed by atoms with E-state index in [-0.39, 0.29) is 18.4 Å². The number of nitrogens with one attached hydrogen (secondary N) is 2. The average molecular weight is 523 g/mol. The predicted octanol–water partition coefficient (Wildman–Crippen LogP) is 4.19. The fraction of sp³-hybridized carbons (Fsp3) is 0.571. The zero-order valence-electron chi connectivity index (χ0n) is 22.1. The van der Waals surface area contributed by atoms with Crippen LogP contribution in [0.3, 0.4) is 0 Å². The van der Waals surface area contributed by atoms with Crippen LogP contribution < -0.4 is 15.5 Å². The highest BCUT2D eigenvalue weighted by molar-refractivity contribution is 7.14. The van der Waals surface area contributed by atoms with Crippen molar-refractivity contribution in [1.82, 2.24) is 20.5 Å². The lowest BCUT2D eigenvalue weighted by Crippen LogP contribution is -2.59. The molecule has 0 atom stereocenters. The van der Waals surface area contributed by atoms with E-state index in [0.717, 1.165) is 61.6 Å². The lowest BCUT2D eigenvalue weighted by atomic mass is 9.80. The van der Waals surface area contributed by atoms with Gasteiger partial charge in [-0.2, -0.15) is 5.26 Å². The summed E-state index contributed by atoms with van der Waals surface area (Å²) in [5.41, 5.74) is 1.43. The quantitative estimate of drug-likeness (QED) is 0.504. The molecule has 4 rings (SSSR count). The van der Waals surface area contributed by atoms with Crippen LogP contribution in [0, 0.1) is 11.3 Å². The molecule has 2 fully saturated rings. The Hall–Kier alpha value is -2.96. The number of anilines is 1. The van der Waals surface area contributed by atoms with Gasteiger partial charge in [-0.3, -0.25) is 9.59 Å². The van der Waals surface area contributed by atoms with E-state index in [1.165, 1.54) is 0 Å². The Balaban J connectivity index is 1.39. The predicted molar refractivity (Wildman–Crippen MR) is 148 cm³/mol. The van der Waals surface area contributed by atoms with Gasteiger partial charge in [0.05, 0.1) is 11.8 Å². The molecule has 2 amide bonds. The molecule has 2 aromatic rings. The zero-order chi connectivity index (χ0) is 26.4. The number of nitriles is 1. The average Bonchev–Trinajstić information content (AvgIpc) is 3.42. The first-order chi connectivity index (χ1) is 17.8. The first-order valence-electron chi connectivity index (χ1n) is 13.3. The molecule has 1 aliphatic heterocycles. The fourth-order valence-electron chi connectivity index (χ4n) is 5.36. The van der Waals surface area contributed by atoms with Crippen molar-refractivity contribution in [1.29, 1.82) is 5.26 Å². The standard InChI is InChI=1S/C28H38N6O2S/c1-20(2)33(3)23-11-17-34(18-12-23)27-31-24(19-37-27)21-7-9-22(10-8-21)25(35)32-28(13-5-4-6-14-28)26(36)30-16-15-29/h7-10,19-20,23H,4-6,11-14,16-18H2,1-3H3,(H,30,36)(H,32,35). The van der Waals surface area contributed by atoms with Gasteiger partial charge >= 0.3 is 0 Å². The van der Waals surface area contributed by atoms with Gasteiger partial charge in [-0.25, -0.2) is 4.98 Å². The van der Waals surface area contributed by atoms with E-state index in [1.54, 1.807) is 23.5 Å². The molecule has 198 valence electrons. The van der Waals surface area contributed by atoms with E-state index < -0.39 is 5.54 Å². The second-order valence-corrected chi connectivity index (χ2v) is 11.3. The summed E-state index contributed by atoms with van der Waals surface area (Å²) in [4.78, 5) is 35.6. The van der Waals surface area contributed by atoms with Crippen molar-refractivity contribution in [3.8, 4) is 17.3 Å². The third kappa shape index (κ3) is 6.31. The van der Waals surface area contributed by atoms with Crippen molar-refractivity contribution >= 4 is 28.3 Å². The largest absolute Gasteiger partial charge is 0.348 e. The fourth-order valence-corrected chi connectivity index (χ4v) is 6.25. The summed E-state index contributed by atoms with van der Waals surface area (Å²) in [6, 6.07) is 10.5. The first kappa shape index (κ1) is 27.1. The highest BCUT2D eigenvalue weighted by Gasteiger charge is 2.40. The summed E-state index contributed by atoms with van der Waals surface area (Å²) >= 11 is 1.66. The number of thiazole rings is 1. The van der Waals surface area contributed by atoms with Crippen molar-refractivity contribution in [2.75, 3.05) is 31.6 Å². The lowest BCUT2D eigenvalue weighted by molar-refractivity contribution is -0.128. The summed E-state index contributed by atoms with van der Waals surface area (Å²) < 4.78 is 0. The molecular formula is C28H38N6O2S.